The molecule has 0 saturated carbocycles. The zero-order chi connectivity index (χ0) is 18.7. The quantitative estimate of drug-likeness (QED) is 0.756. The van der Waals surface area contributed by atoms with Crippen molar-refractivity contribution in [3.63, 3.8) is 0 Å². The highest BCUT2D eigenvalue weighted by molar-refractivity contribution is 7.91. The van der Waals surface area contributed by atoms with E-state index in [2.05, 4.69) is 6.58 Å². The number of benzene rings is 2. The molecule has 2 rings (SSSR count). The highest BCUT2D eigenvalue weighted by Gasteiger charge is 2.31. The molecule has 0 aliphatic rings. The molecule has 1 amide bonds. The van der Waals surface area contributed by atoms with Gasteiger partial charge in [-0.15, -0.1) is 0 Å². The van der Waals surface area contributed by atoms with Crippen molar-refractivity contribution >= 4 is 21.4 Å². The fourth-order valence-electron chi connectivity index (χ4n) is 2.08. The minimum Gasteiger partial charge on any atom is -0.294 e. The maximum atomic E-state index is 12.6. The van der Waals surface area contributed by atoms with Gasteiger partial charge in [-0.25, -0.2) is 8.42 Å². The minimum atomic E-state index is -4.56. The molecule has 0 aliphatic carbocycles. The SMILES string of the molecule is C=CC(=O)N(CS(=O)(=O)c1ccc(C(F)(F)F)cc1)c1ccccc1. The highest BCUT2D eigenvalue weighted by Crippen LogP contribution is 2.30. The second kappa shape index (κ2) is 7.10. The minimum absolute atomic E-state index is 0.307. The lowest BCUT2D eigenvalue weighted by atomic mass is 10.2. The number of anilines is 1. The Morgan fingerprint density at radius 1 is 1.04 bits per heavy atom. The Kier molecular flexibility index (Phi) is 5.32. The van der Waals surface area contributed by atoms with Gasteiger partial charge in [0.25, 0.3) is 5.91 Å². The Bertz CT molecular complexity index is 860. The van der Waals surface area contributed by atoms with E-state index in [0.717, 1.165) is 23.1 Å². The molecule has 2 aromatic rings. The molecule has 132 valence electrons. The van der Waals surface area contributed by atoms with Crippen molar-refractivity contribution in [2.45, 2.75) is 11.1 Å². The summed E-state index contributed by atoms with van der Waals surface area (Å²) in [5.41, 5.74) is -0.614. The maximum Gasteiger partial charge on any atom is 0.416 e. The van der Waals surface area contributed by atoms with Crippen molar-refractivity contribution in [1.82, 2.24) is 0 Å². The molecular formula is C17H14F3NO3S. The summed E-state index contributed by atoms with van der Waals surface area (Å²) in [4.78, 5) is 12.7. The topological polar surface area (TPSA) is 54.5 Å². The van der Waals surface area contributed by atoms with Gasteiger partial charge >= 0.3 is 6.18 Å². The molecule has 8 heteroatoms. The average Bonchev–Trinajstić information content (AvgIpc) is 2.59. The van der Waals surface area contributed by atoms with Crippen LogP contribution >= 0.6 is 0 Å². The molecule has 0 N–H and O–H groups in total. The number of carbonyl (C=O) groups is 1. The van der Waals surface area contributed by atoms with E-state index in [0.29, 0.717) is 17.8 Å². The van der Waals surface area contributed by atoms with E-state index in [9.17, 15) is 26.4 Å². The number of nitrogens with zero attached hydrogens (tertiary/aromatic N) is 1. The van der Waals surface area contributed by atoms with Crippen molar-refractivity contribution in [1.29, 1.82) is 0 Å². The Hall–Kier alpha value is -2.61. The summed E-state index contributed by atoms with van der Waals surface area (Å²) in [6, 6.07) is 11.2. The van der Waals surface area contributed by atoms with Crippen LogP contribution in [0.15, 0.2) is 72.1 Å². The van der Waals surface area contributed by atoms with Gasteiger partial charge in [0.05, 0.1) is 10.5 Å². The lowest BCUT2D eigenvalue weighted by Gasteiger charge is -2.21. The molecule has 0 unspecified atom stereocenters. The predicted molar refractivity (Wildman–Crippen MR) is 87.6 cm³/mol. The number of hydrogen-bond acceptors (Lipinski definition) is 3. The monoisotopic (exact) mass is 369 g/mol. The van der Waals surface area contributed by atoms with Crippen LogP contribution in [0, 0.1) is 0 Å². The standard InChI is InChI=1S/C17H14F3NO3S/c1-2-16(22)21(14-6-4-3-5-7-14)12-25(23,24)15-10-8-13(9-11-15)17(18,19)20/h2-11H,1,12H2. The normalized spacial score (nSPS) is 11.8. The molecule has 0 saturated heterocycles. The summed E-state index contributed by atoms with van der Waals surface area (Å²) in [5.74, 6) is -1.35. The van der Waals surface area contributed by atoms with E-state index < -0.39 is 33.4 Å². The molecule has 0 radical (unpaired) electrons. The summed E-state index contributed by atoms with van der Waals surface area (Å²) >= 11 is 0. The third-order valence-corrected chi connectivity index (χ3v) is 4.94. The molecule has 2 aromatic carbocycles. The summed E-state index contributed by atoms with van der Waals surface area (Å²) in [6.07, 6.45) is -3.59. The van der Waals surface area contributed by atoms with Crippen molar-refractivity contribution in [2.24, 2.45) is 0 Å². The number of rotatable bonds is 5. The van der Waals surface area contributed by atoms with Crippen LogP contribution in [0.1, 0.15) is 5.56 Å². The van der Waals surface area contributed by atoms with Crippen LogP contribution < -0.4 is 4.90 Å². The van der Waals surface area contributed by atoms with E-state index in [-0.39, 0.29) is 4.90 Å². The molecule has 0 heterocycles. The number of sulfone groups is 1. The first-order chi connectivity index (χ1) is 11.6. The van der Waals surface area contributed by atoms with Gasteiger partial charge in [-0.3, -0.25) is 9.69 Å². The second-order valence-corrected chi connectivity index (χ2v) is 7.03. The Morgan fingerprint density at radius 3 is 2.08 bits per heavy atom. The fraction of sp³-hybridized carbons (Fsp3) is 0.118. The third-order valence-electron chi connectivity index (χ3n) is 3.35. The van der Waals surface area contributed by atoms with Gasteiger partial charge in [0, 0.05) is 5.69 Å². The lowest BCUT2D eigenvalue weighted by molar-refractivity contribution is -0.137. The van der Waals surface area contributed by atoms with Gasteiger partial charge in [-0.2, -0.15) is 13.2 Å². The Labute approximate surface area is 143 Å². The van der Waals surface area contributed by atoms with E-state index in [4.69, 9.17) is 0 Å². The zero-order valence-corrected chi connectivity index (χ0v) is 13.7. The van der Waals surface area contributed by atoms with Crippen molar-refractivity contribution in [3.8, 4) is 0 Å². The Balaban J connectivity index is 2.34. The molecular weight excluding hydrogens is 355 g/mol. The van der Waals surface area contributed by atoms with Crippen LogP contribution in [0.3, 0.4) is 0 Å². The Morgan fingerprint density at radius 2 is 1.60 bits per heavy atom. The second-order valence-electron chi connectivity index (χ2n) is 5.07. The number of halogens is 3. The highest BCUT2D eigenvalue weighted by atomic mass is 32.2. The van der Waals surface area contributed by atoms with Crippen molar-refractivity contribution in [3.05, 3.63) is 72.8 Å². The van der Waals surface area contributed by atoms with Gasteiger partial charge in [0.15, 0.2) is 9.84 Å². The van der Waals surface area contributed by atoms with Crippen LogP contribution in [0.25, 0.3) is 0 Å². The molecule has 0 aromatic heterocycles. The number of para-hydroxylation sites is 1. The molecule has 0 aliphatic heterocycles. The number of hydrogen-bond donors (Lipinski definition) is 0. The first-order valence-electron chi connectivity index (χ1n) is 7.04. The zero-order valence-electron chi connectivity index (χ0n) is 12.9. The number of alkyl halides is 3. The smallest absolute Gasteiger partial charge is 0.294 e. The summed E-state index contributed by atoms with van der Waals surface area (Å²) in [6.45, 7) is 3.34. The third kappa shape index (κ3) is 4.48. The van der Waals surface area contributed by atoms with Crippen LogP contribution in [0.4, 0.5) is 18.9 Å². The van der Waals surface area contributed by atoms with Crippen LogP contribution in [0.2, 0.25) is 0 Å². The average molecular weight is 369 g/mol. The van der Waals surface area contributed by atoms with Gasteiger partial charge in [-0.1, -0.05) is 24.8 Å². The maximum absolute atomic E-state index is 12.6. The van der Waals surface area contributed by atoms with Gasteiger partial charge in [0.2, 0.25) is 0 Å². The molecule has 0 spiro atoms. The van der Waals surface area contributed by atoms with E-state index in [1.807, 2.05) is 0 Å². The summed E-state index contributed by atoms with van der Waals surface area (Å²) < 4.78 is 62.7. The summed E-state index contributed by atoms with van der Waals surface area (Å²) in [5, 5.41) is 0. The van der Waals surface area contributed by atoms with Gasteiger partial charge in [0.1, 0.15) is 5.88 Å². The number of carbonyl (C=O) groups excluding carboxylic acids is 1. The molecule has 0 atom stereocenters. The van der Waals surface area contributed by atoms with Crippen molar-refractivity contribution in [2.75, 3.05) is 10.8 Å². The van der Waals surface area contributed by atoms with Crippen LogP contribution in [0.5, 0.6) is 0 Å². The van der Waals surface area contributed by atoms with Gasteiger partial charge < -0.3 is 0 Å². The first-order valence-corrected chi connectivity index (χ1v) is 8.69. The predicted octanol–water partition coefficient (Wildman–Crippen LogP) is 3.66. The molecule has 0 bridgehead atoms. The van der Waals surface area contributed by atoms with Crippen LogP contribution in [-0.4, -0.2) is 20.2 Å². The van der Waals surface area contributed by atoms with Gasteiger partial charge in [-0.05, 0) is 42.5 Å². The van der Waals surface area contributed by atoms with Crippen LogP contribution in [-0.2, 0) is 20.8 Å². The lowest BCUT2D eigenvalue weighted by Crippen LogP contribution is -2.34. The molecule has 0 fully saturated rings. The molecule has 4 nitrogen and oxygen atoms in total. The van der Waals surface area contributed by atoms with E-state index >= 15 is 0 Å². The largest absolute Gasteiger partial charge is 0.416 e. The summed E-state index contributed by atoms with van der Waals surface area (Å²) in [7, 11) is -4.04. The first kappa shape index (κ1) is 18.7. The molecule has 25 heavy (non-hydrogen) atoms. The van der Waals surface area contributed by atoms with E-state index in [1.165, 1.54) is 0 Å². The fourth-order valence-corrected chi connectivity index (χ4v) is 3.40. The van der Waals surface area contributed by atoms with E-state index in [1.54, 1.807) is 30.3 Å². The van der Waals surface area contributed by atoms with Crippen molar-refractivity contribution < 1.29 is 26.4 Å². The number of amides is 1.